The number of hydrogen-bond acceptors (Lipinski definition) is 3. The van der Waals surface area contributed by atoms with Gasteiger partial charge < -0.3 is 19.1 Å². The maximum absolute atomic E-state index is 10.4. The molecular weight excluding hydrogens is 278 g/mol. The molecule has 4 heteroatoms. The lowest BCUT2D eigenvalue weighted by Crippen LogP contribution is -2.56. The predicted molar refractivity (Wildman–Crippen MR) is 86.5 cm³/mol. The highest BCUT2D eigenvalue weighted by Gasteiger charge is 2.57. The number of aliphatic hydroxyl groups is 1. The van der Waals surface area contributed by atoms with E-state index in [0.717, 1.165) is 43.2 Å². The smallest absolute Gasteiger partial charge is 0.126 e. The summed E-state index contributed by atoms with van der Waals surface area (Å²) in [5.41, 5.74) is 0.414. The average Bonchev–Trinajstić information content (AvgIpc) is 2.83. The van der Waals surface area contributed by atoms with E-state index in [1.54, 1.807) is 0 Å². The highest BCUT2D eigenvalue weighted by Crippen LogP contribution is 2.60. The molecule has 0 aromatic heterocycles. The molecule has 3 rings (SSSR count). The maximum Gasteiger partial charge on any atom is 0.126 e. The average molecular weight is 312 g/mol. The first-order valence-electron chi connectivity index (χ1n) is 9.04. The van der Waals surface area contributed by atoms with E-state index in [1.807, 2.05) is 0 Å². The van der Waals surface area contributed by atoms with Crippen molar-refractivity contribution in [2.45, 2.75) is 45.8 Å². The van der Waals surface area contributed by atoms with Crippen LogP contribution in [-0.2, 0) is 9.47 Å². The van der Waals surface area contributed by atoms with Gasteiger partial charge in [-0.05, 0) is 36.0 Å². The van der Waals surface area contributed by atoms with Crippen LogP contribution in [0, 0.1) is 23.2 Å². The zero-order valence-electron chi connectivity index (χ0n) is 14.8. The minimum Gasteiger partial charge on any atom is -0.385 e. The van der Waals surface area contributed by atoms with Crippen LogP contribution in [0.4, 0.5) is 0 Å². The van der Waals surface area contributed by atoms with Crippen molar-refractivity contribution in [3.63, 3.8) is 0 Å². The van der Waals surface area contributed by atoms with Gasteiger partial charge >= 0.3 is 0 Å². The molecule has 2 saturated carbocycles. The number of morpholine rings is 1. The minimum atomic E-state index is -0.363. The van der Waals surface area contributed by atoms with Gasteiger partial charge in [0.1, 0.15) is 25.7 Å². The van der Waals surface area contributed by atoms with Gasteiger partial charge in [0.25, 0.3) is 0 Å². The fourth-order valence-electron chi connectivity index (χ4n) is 5.52. The van der Waals surface area contributed by atoms with Gasteiger partial charge in [0.2, 0.25) is 0 Å². The van der Waals surface area contributed by atoms with E-state index in [-0.39, 0.29) is 6.10 Å². The predicted octanol–water partition coefficient (Wildman–Crippen LogP) is 1.91. The van der Waals surface area contributed by atoms with Crippen molar-refractivity contribution >= 4 is 0 Å². The first-order chi connectivity index (χ1) is 10.3. The van der Waals surface area contributed by atoms with Crippen LogP contribution >= 0.6 is 0 Å². The Balaban J connectivity index is 1.50. The Morgan fingerprint density at radius 3 is 2.45 bits per heavy atom. The van der Waals surface area contributed by atoms with Crippen molar-refractivity contribution in [2.75, 3.05) is 46.5 Å². The van der Waals surface area contributed by atoms with Crippen LogP contribution in [0.15, 0.2) is 0 Å². The molecule has 0 aromatic carbocycles. The summed E-state index contributed by atoms with van der Waals surface area (Å²) in [4.78, 5) is 0. The summed E-state index contributed by atoms with van der Waals surface area (Å²) >= 11 is 0. The quantitative estimate of drug-likeness (QED) is 0.788. The van der Waals surface area contributed by atoms with Crippen LogP contribution in [0.1, 0.15) is 33.6 Å². The number of aliphatic hydroxyl groups excluding tert-OH is 1. The molecule has 1 N–H and O–H groups in total. The summed E-state index contributed by atoms with van der Waals surface area (Å²) < 4.78 is 12.6. The van der Waals surface area contributed by atoms with E-state index in [2.05, 4.69) is 27.8 Å². The van der Waals surface area contributed by atoms with E-state index in [4.69, 9.17) is 9.47 Å². The van der Waals surface area contributed by atoms with Crippen molar-refractivity contribution in [3.8, 4) is 0 Å². The van der Waals surface area contributed by atoms with Crippen molar-refractivity contribution in [2.24, 2.45) is 23.2 Å². The monoisotopic (exact) mass is 312 g/mol. The molecule has 5 atom stereocenters. The summed E-state index contributed by atoms with van der Waals surface area (Å²) in [5.74, 6) is 2.10. The summed E-state index contributed by atoms with van der Waals surface area (Å²) in [6, 6.07) is 0. The number of fused-ring (bicyclic) bond motifs is 2. The van der Waals surface area contributed by atoms with Crippen LogP contribution in [0.25, 0.3) is 0 Å². The second-order valence-electron chi connectivity index (χ2n) is 8.78. The lowest BCUT2D eigenvalue weighted by Gasteiger charge is -2.39. The molecule has 0 radical (unpaired) electrons. The van der Waals surface area contributed by atoms with Crippen LogP contribution in [0.2, 0.25) is 0 Å². The van der Waals surface area contributed by atoms with E-state index in [0.29, 0.717) is 30.0 Å². The zero-order valence-corrected chi connectivity index (χ0v) is 14.8. The molecule has 0 unspecified atom stereocenters. The van der Waals surface area contributed by atoms with E-state index < -0.39 is 0 Å². The summed E-state index contributed by atoms with van der Waals surface area (Å²) in [5, 5.41) is 10.4. The molecule has 2 aliphatic carbocycles. The van der Waals surface area contributed by atoms with Crippen molar-refractivity contribution < 1.29 is 19.1 Å². The third-order valence-electron chi connectivity index (χ3n) is 6.93. The van der Waals surface area contributed by atoms with Crippen molar-refractivity contribution in [3.05, 3.63) is 0 Å². The molecule has 0 amide bonds. The molecule has 0 spiro atoms. The van der Waals surface area contributed by atoms with Gasteiger partial charge in [0.05, 0.1) is 33.0 Å². The van der Waals surface area contributed by atoms with Crippen molar-refractivity contribution in [1.29, 1.82) is 0 Å². The topological polar surface area (TPSA) is 38.7 Å². The number of rotatable bonds is 5. The van der Waals surface area contributed by atoms with Crippen LogP contribution in [0.5, 0.6) is 0 Å². The molecule has 1 saturated heterocycles. The second kappa shape index (κ2) is 6.04. The standard InChI is InChI=1S/C18H34NO3/c1-13-15-5-6-16(18(15,2)3)17(13)22-12-14(20)11-19(4)7-9-21-10-8-19/h13-17,20H,5-12H2,1-4H3/q+1/t13-,14-,15+,16+,17+/m0/s1. The van der Waals surface area contributed by atoms with E-state index in [1.165, 1.54) is 12.8 Å². The third-order valence-corrected chi connectivity index (χ3v) is 6.93. The number of ether oxygens (including phenoxy) is 2. The lowest BCUT2D eigenvalue weighted by atomic mass is 9.80. The number of likely N-dealkylation sites (N-methyl/N-ethyl adjacent to an activating group) is 1. The van der Waals surface area contributed by atoms with Gasteiger partial charge in [-0.1, -0.05) is 20.8 Å². The second-order valence-corrected chi connectivity index (χ2v) is 8.78. The Kier molecular flexibility index (Phi) is 4.59. The molecule has 22 heavy (non-hydrogen) atoms. The summed E-state index contributed by atoms with van der Waals surface area (Å²) in [6.45, 7) is 12.0. The lowest BCUT2D eigenvalue weighted by molar-refractivity contribution is -0.919. The molecule has 1 heterocycles. The van der Waals surface area contributed by atoms with Gasteiger partial charge in [-0.3, -0.25) is 0 Å². The SMILES string of the molecule is C[C@@H]1[C@@H](OC[C@@H](O)C[N+]2(C)CCOCC2)[C@H]2CC[C@H]1C2(C)C. The Bertz CT molecular complexity index is 392. The third kappa shape index (κ3) is 2.95. The number of hydrogen-bond donors (Lipinski definition) is 1. The van der Waals surface area contributed by atoms with Crippen LogP contribution in [-0.4, -0.2) is 68.3 Å². The Labute approximate surface area is 135 Å². The van der Waals surface area contributed by atoms with Gasteiger partial charge in [0.15, 0.2) is 0 Å². The molecule has 3 fully saturated rings. The normalized spacial score (nSPS) is 40.8. The minimum absolute atomic E-state index is 0.346. The molecule has 2 bridgehead atoms. The molecular formula is C18H34NO3+. The van der Waals surface area contributed by atoms with Gasteiger partial charge in [0, 0.05) is 0 Å². The maximum atomic E-state index is 10.4. The fourth-order valence-corrected chi connectivity index (χ4v) is 5.52. The zero-order chi connectivity index (χ0) is 16.0. The Morgan fingerprint density at radius 1 is 1.23 bits per heavy atom. The summed E-state index contributed by atoms with van der Waals surface area (Å²) in [6.07, 6.45) is 2.64. The Morgan fingerprint density at radius 2 is 1.86 bits per heavy atom. The van der Waals surface area contributed by atoms with Crippen molar-refractivity contribution in [1.82, 2.24) is 0 Å². The van der Waals surface area contributed by atoms with Gasteiger partial charge in [-0.15, -0.1) is 0 Å². The van der Waals surface area contributed by atoms with Crippen LogP contribution in [0.3, 0.4) is 0 Å². The molecule has 1 aliphatic heterocycles. The first kappa shape index (κ1) is 16.7. The fraction of sp³-hybridized carbons (Fsp3) is 1.00. The molecule has 0 aromatic rings. The van der Waals surface area contributed by atoms with Gasteiger partial charge in [-0.2, -0.15) is 0 Å². The summed E-state index contributed by atoms with van der Waals surface area (Å²) in [7, 11) is 2.22. The van der Waals surface area contributed by atoms with E-state index in [9.17, 15) is 5.11 Å². The highest BCUT2D eigenvalue weighted by molar-refractivity contribution is 5.06. The number of nitrogens with zero attached hydrogens (tertiary/aromatic N) is 1. The molecule has 4 nitrogen and oxygen atoms in total. The molecule has 128 valence electrons. The largest absolute Gasteiger partial charge is 0.385 e. The van der Waals surface area contributed by atoms with E-state index >= 15 is 0 Å². The first-order valence-corrected chi connectivity index (χ1v) is 9.04. The highest BCUT2D eigenvalue weighted by atomic mass is 16.5. The number of quaternary nitrogens is 1. The molecule has 3 aliphatic rings. The van der Waals surface area contributed by atoms with Crippen LogP contribution < -0.4 is 0 Å². The Hall–Kier alpha value is -0.160. The van der Waals surface area contributed by atoms with Gasteiger partial charge in [-0.25, -0.2) is 0 Å².